The minimum atomic E-state index is -0.336. The van der Waals surface area contributed by atoms with Gasteiger partial charge >= 0.3 is 0 Å². The highest BCUT2D eigenvalue weighted by Gasteiger charge is 2.39. The number of carbonyl (C=O) groups excluding carboxylic acids is 2. The van der Waals surface area contributed by atoms with Gasteiger partial charge in [0.2, 0.25) is 0 Å². The summed E-state index contributed by atoms with van der Waals surface area (Å²) in [7, 11) is 3.12. The fourth-order valence-corrected chi connectivity index (χ4v) is 3.51. The first-order valence-corrected chi connectivity index (χ1v) is 9.58. The van der Waals surface area contributed by atoms with E-state index in [1.165, 1.54) is 4.90 Å². The maximum absolute atomic E-state index is 13.2. The molecule has 0 fully saturated rings. The summed E-state index contributed by atoms with van der Waals surface area (Å²) in [6.45, 7) is 6.25. The van der Waals surface area contributed by atoms with Crippen LogP contribution in [0.3, 0.4) is 0 Å². The topological polar surface area (TPSA) is 67.9 Å². The zero-order valence-electron chi connectivity index (χ0n) is 17.5. The lowest BCUT2D eigenvalue weighted by Crippen LogP contribution is -2.33. The van der Waals surface area contributed by atoms with Gasteiger partial charge < -0.3 is 14.8 Å². The highest BCUT2D eigenvalue weighted by Crippen LogP contribution is 2.36. The number of imide groups is 1. The molecule has 3 rings (SSSR count). The van der Waals surface area contributed by atoms with Crippen molar-refractivity contribution in [3.05, 3.63) is 58.8 Å². The fraction of sp³-hybridized carbons (Fsp3) is 0.304. The standard InChI is InChI=1S/C23H26N2O4/c1-6-11-25-22(26)20(17-9-7-14(2)12-15(17)3)21(23(25)27)24-18-13-16(28-4)8-10-19(18)29-5/h7-10,12-13,24H,6,11H2,1-5H3. The van der Waals surface area contributed by atoms with Crippen molar-refractivity contribution < 1.29 is 19.1 Å². The largest absolute Gasteiger partial charge is 0.497 e. The van der Waals surface area contributed by atoms with Crippen molar-refractivity contribution in [2.75, 3.05) is 26.1 Å². The first-order chi connectivity index (χ1) is 13.9. The lowest BCUT2D eigenvalue weighted by atomic mass is 9.97. The molecule has 0 atom stereocenters. The third-order valence-corrected chi connectivity index (χ3v) is 4.93. The number of rotatable bonds is 7. The van der Waals surface area contributed by atoms with Crippen molar-refractivity contribution >= 4 is 23.1 Å². The lowest BCUT2D eigenvalue weighted by molar-refractivity contribution is -0.136. The molecule has 0 aromatic heterocycles. The number of hydrogen-bond acceptors (Lipinski definition) is 5. The zero-order chi connectivity index (χ0) is 21.1. The molecule has 2 aromatic carbocycles. The Morgan fingerprint density at radius 1 is 0.966 bits per heavy atom. The Morgan fingerprint density at radius 2 is 1.72 bits per heavy atom. The maximum Gasteiger partial charge on any atom is 0.278 e. The monoisotopic (exact) mass is 394 g/mol. The van der Waals surface area contributed by atoms with Crippen molar-refractivity contribution in [1.82, 2.24) is 4.90 Å². The van der Waals surface area contributed by atoms with Crippen molar-refractivity contribution in [3.8, 4) is 11.5 Å². The van der Waals surface area contributed by atoms with E-state index in [1.807, 2.05) is 39.0 Å². The quantitative estimate of drug-likeness (QED) is 0.721. The van der Waals surface area contributed by atoms with Gasteiger partial charge in [0.05, 0.1) is 25.5 Å². The molecule has 152 valence electrons. The van der Waals surface area contributed by atoms with Gasteiger partial charge in [-0.05, 0) is 43.5 Å². The van der Waals surface area contributed by atoms with Crippen LogP contribution in [0.2, 0.25) is 0 Å². The van der Waals surface area contributed by atoms with Crippen LogP contribution in [0.4, 0.5) is 5.69 Å². The second-order valence-corrected chi connectivity index (χ2v) is 7.02. The Kier molecular flexibility index (Phi) is 5.92. The highest BCUT2D eigenvalue weighted by molar-refractivity contribution is 6.36. The second kappa shape index (κ2) is 8.39. The number of hydrogen-bond donors (Lipinski definition) is 1. The molecule has 0 bridgehead atoms. The molecule has 6 nitrogen and oxygen atoms in total. The van der Waals surface area contributed by atoms with Crippen molar-refractivity contribution in [1.29, 1.82) is 0 Å². The third kappa shape index (κ3) is 3.83. The molecule has 0 saturated heterocycles. The predicted octanol–water partition coefficient (Wildman–Crippen LogP) is 3.92. The smallest absolute Gasteiger partial charge is 0.278 e. The van der Waals surface area contributed by atoms with E-state index >= 15 is 0 Å². The van der Waals surface area contributed by atoms with E-state index in [4.69, 9.17) is 9.47 Å². The summed E-state index contributed by atoms with van der Waals surface area (Å²) >= 11 is 0. The molecule has 0 spiro atoms. The first kappa shape index (κ1) is 20.5. The van der Waals surface area contributed by atoms with Crippen LogP contribution in [-0.4, -0.2) is 37.5 Å². The molecular weight excluding hydrogens is 368 g/mol. The van der Waals surface area contributed by atoms with Gasteiger partial charge in [0.15, 0.2) is 0 Å². The van der Waals surface area contributed by atoms with E-state index in [9.17, 15) is 9.59 Å². The van der Waals surface area contributed by atoms with Crippen LogP contribution in [0, 0.1) is 13.8 Å². The van der Waals surface area contributed by atoms with E-state index in [0.717, 1.165) is 16.7 Å². The minimum absolute atomic E-state index is 0.252. The molecule has 1 aliphatic heterocycles. The predicted molar refractivity (Wildman–Crippen MR) is 113 cm³/mol. The van der Waals surface area contributed by atoms with Gasteiger partial charge in [-0.3, -0.25) is 14.5 Å². The summed E-state index contributed by atoms with van der Waals surface area (Å²) in [6.07, 6.45) is 0.688. The molecule has 0 radical (unpaired) electrons. The molecule has 29 heavy (non-hydrogen) atoms. The SMILES string of the molecule is CCCN1C(=O)C(Nc2cc(OC)ccc2OC)=C(c2ccc(C)cc2C)C1=O. The summed E-state index contributed by atoms with van der Waals surface area (Å²) < 4.78 is 10.7. The van der Waals surface area contributed by atoms with Gasteiger partial charge in [0.1, 0.15) is 17.2 Å². The van der Waals surface area contributed by atoms with Crippen LogP contribution in [0.25, 0.3) is 5.57 Å². The number of carbonyl (C=O) groups is 2. The Bertz CT molecular complexity index is 994. The number of nitrogens with one attached hydrogen (secondary N) is 1. The molecule has 2 amide bonds. The summed E-state index contributed by atoms with van der Waals surface area (Å²) in [5.74, 6) is 0.543. The van der Waals surface area contributed by atoms with Gasteiger partial charge in [0.25, 0.3) is 11.8 Å². The van der Waals surface area contributed by atoms with Gasteiger partial charge in [-0.25, -0.2) is 0 Å². The number of methoxy groups -OCH3 is 2. The van der Waals surface area contributed by atoms with Crippen LogP contribution < -0.4 is 14.8 Å². The molecule has 0 saturated carbocycles. The molecule has 0 unspecified atom stereocenters. The van der Waals surface area contributed by atoms with Crippen molar-refractivity contribution in [2.45, 2.75) is 27.2 Å². The molecule has 0 aliphatic carbocycles. The number of benzene rings is 2. The first-order valence-electron chi connectivity index (χ1n) is 9.58. The average molecular weight is 394 g/mol. The highest BCUT2D eigenvalue weighted by atomic mass is 16.5. The molecule has 1 heterocycles. The van der Waals surface area contributed by atoms with Crippen LogP contribution >= 0.6 is 0 Å². The van der Waals surface area contributed by atoms with E-state index in [0.29, 0.717) is 35.7 Å². The van der Waals surface area contributed by atoms with E-state index in [-0.39, 0.29) is 17.5 Å². The summed E-state index contributed by atoms with van der Waals surface area (Å²) in [5.41, 5.74) is 3.97. The average Bonchev–Trinajstić information content (AvgIpc) is 2.93. The van der Waals surface area contributed by atoms with E-state index < -0.39 is 0 Å². The molecule has 6 heteroatoms. The Hall–Kier alpha value is -3.28. The summed E-state index contributed by atoms with van der Waals surface area (Å²) in [5, 5.41) is 3.16. The zero-order valence-corrected chi connectivity index (χ0v) is 17.5. The number of ether oxygens (including phenoxy) is 2. The molecular formula is C23H26N2O4. The number of nitrogens with zero attached hydrogens (tertiary/aromatic N) is 1. The van der Waals surface area contributed by atoms with Crippen LogP contribution in [-0.2, 0) is 9.59 Å². The third-order valence-electron chi connectivity index (χ3n) is 4.93. The summed E-state index contributed by atoms with van der Waals surface area (Å²) in [4.78, 5) is 27.6. The molecule has 1 aliphatic rings. The van der Waals surface area contributed by atoms with Gasteiger partial charge in [-0.15, -0.1) is 0 Å². The second-order valence-electron chi connectivity index (χ2n) is 7.02. The fourth-order valence-electron chi connectivity index (χ4n) is 3.51. The van der Waals surface area contributed by atoms with Crippen LogP contribution in [0.15, 0.2) is 42.1 Å². The van der Waals surface area contributed by atoms with Crippen molar-refractivity contribution in [3.63, 3.8) is 0 Å². The molecule has 2 aromatic rings. The number of anilines is 1. The Balaban J connectivity index is 2.16. The normalized spacial score (nSPS) is 13.9. The Morgan fingerprint density at radius 3 is 2.34 bits per heavy atom. The Labute approximate surface area is 171 Å². The van der Waals surface area contributed by atoms with Crippen LogP contribution in [0.5, 0.6) is 11.5 Å². The number of amides is 2. The van der Waals surface area contributed by atoms with E-state index in [1.54, 1.807) is 32.4 Å². The lowest BCUT2D eigenvalue weighted by Gasteiger charge is -2.15. The molecule has 1 N–H and O–H groups in total. The van der Waals surface area contributed by atoms with Gasteiger partial charge in [-0.1, -0.05) is 30.7 Å². The summed E-state index contributed by atoms with van der Waals surface area (Å²) in [6, 6.07) is 11.1. The van der Waals surface area contributed by atoms with Crippen LogP contribution in [0.1, 0.15) is 30.0 Å². The van der Waals surface area contributed by atoms with Gasteiger partial charge in [0, 0.05) is 12.6 Å². The van der Waals surface area contributed by atoms with Gasteiger partial charge in [-0.2, -0.15) is 0 Å². The number of aryl methyl sites for hydroxylation is 2. The van der Waals surface area contributed by atoms with Crippen molar-refractivity contribution in [2.24, 2.45) is 0 Å². The van der Waals surface area contributed by atoms with E-state index in [2.05, 4.69) is 5.32 Å². The minimum Gasteiger partial charge on any atom is -0.497 e. The maximum atomic E-state index is 13.2.